The monoisotopic (exact) mass is 376 g/mol. The van der Waals surface area contributed by atoms with Gasteiger partial charge in [0.15, 0.2) is 11.7 Å². The Balaban J connectivity index is 3.06. The first-order chi connectivity index (χ1) is 12.2. The van der Waals surface area contributed by atoms with Gasteiger partial charge in [0.1, 0.15) is 0 Å². The van der Waals surface area contributed by atoms with Gasteiger partial charge in [0, 0.05) is 11.1 Å². The van der Waals surface area contributed by atoms with Crippen molar-refractivity contribution in [1.29, 1.82) is 0 Å². The van der Waals surface area contributed by atoms with Crippen molar-refractivity contribution in [3.05, 3.63) is 34.9 Å². The summed E-state index contributed by atoms with van der Waals surface area (Å²) < 4.78 is 0. The van der Waals surface area contributed by atoms with Crippen LogP contribution in [0.4, 0.5) is 0 Å². The molecule has 0 bridgehead atoms. The summed E-state index contributed by atoms with van der Waals surface area (Å²) >= 11 is 0. The van der Waals surface area contributed by atoms with Crippen molar-refractivity contribution in [2.75, 3.05) is 0 Å². The summed E-state index contributed by atoms with van der Waals surface area (Å²) in [6, 6.07) is 5.12. The minimum atomic E-state index is -0.699. The quantitative estimate of drug-likeness (QED) is 0.359. The molecule has 0 aliphatic heterocycles. The Labute approximate surface area is 159 Å². The van der Waals surface area contributed by atoms with E-state index in [0.29, 0.717) is 11.1 Å². The van der Waals surface area contributed by atoms with Gasteiger partial charge in [-0.2, -0.15) is 0 Å². The Morgan fingerprint density at radius 1 is 0.778 bits per heavy atom. The van der Waals surface area contributed by atoms with E-state index in [0.717, 1.165) is 5.56 Å². The van der Waals surface area contributed by atoms with Crippen LogP contribution in [-0.2, 0) is 19.3 Å². The van der Waals surface area contributed by atoms with Gasteiger partial charge >= 0.3 is 11.9 Å². The van der Waals surface area contributed by atoms with E-state index < -0.39 is 22.8 Å². The first-order valence-electron chi connectivity index (χ1n) is 8.44. The maximum Gasteiger partial charge on any atom is 0.340 e. The van der Waals surface area contributed by atoms with E-state index in [1.165, 1.54) is 0 Å². The van der Waals surface area contributed by atoms with Crippen LogP contribution < -0.4 is 11.5 Å². The van der Waals surface area contributed by atoms with Crippen LogP contribution in [0.2, 0.25) is 0 Å². The molecular weight excluding hydrogens is 348 g/mol. The fraction of sp³-hybridized carbons (Fsp3) is 0.474. The number of nitrogens with two attached hydrogens (primary N) is 2. The van der Waals surface area contributed by atoms with E-state index >= 15 is 0 Å². The van der Waals surface area contributed by atoms with Gasteiger partial charge in [0.2, 0.25) is 0 Å². The molecule has 8 heteroatoms. The zero-order valence-electron chi connectivity index (χ0n) is 16.9. The summed E-state index contributed by atoms with van der Waals surface area (Å²) in [6.45, 7) is 12.1. The van der Waals surface area contributed by atoms with E-state index in [2.05, 4.69) is 10.3 Å². The maximum atomic E-state index is 11.8. The molecule has 0 aliphatic rings. The normalized spacial score (nSPS) is 13.3. The lowest BCUT2D eigenvalue weighted by Gasteiger charge is -2.14. The predicted octanol–water partition coefficient (Wildman–Crippen LogP) is 2.41. The van der Waals surface area contributed by atoms with Gasteiger partial charge in [-0.1, -0.05) is 10.3 Å². The Kier molecular flexibility index (Phi) is 6.72. The van der Waals surface area contributed by atoms with Crippen LogP contribution in [-0.4, -0.2) is 23.6 Å². The van der Waals surface area contributed by atoms with Gasteiger partial charge in [-0.3, -0.25) is 0 Å². The van der Waals surface area contributed by atoms with Gasteiger partial charge < -0.3 is 21.1 Å². The molecule has 0 amide bonds. The van der Waals surface area contributed by atoms with Crippen LogP contribution in [0, 0.1) is 17.8 Å². The van der Waals surface area contributed by atoms with Crippen LogP contribution in [0.25, 0.3) is 0 Å². The molecule has 1 aromatic carbocycles. The molecule has 0 unspecified atom stereocenters. The van der Waals surface area contributed by atoms with Crippen LogP contribution in [0.1, 0.15) is 58.2 Å². The first kappa shape index (κ1) is 22.1. The molecule has 0 spiro atoms. The lowest BCUT2D eigenvalue weighted by molar-refractivity contribution is -0.153. The highest BCUT2D eigenvalue weighted by Gasteiger charge is 2.24. The lowest BCUT2D eigenvalue weighted by Crippen LogP contribution is -2.24. The number of oxime groups is 2. The standard InChI is InChI=1S/C19H28N4O4/c1-11-8-12(14(20)22-26-16(24)18(2,3)4)10-13(9-11)15(21)23-27-17(25)19(5,6)7/h8-10H,1-7H3,(H2,20,22)(H2,21,23). The molecule has 1 rings (SSSR count). The van der Waals surface area contributed by atoms with Gasteiger partial charge in [-0.25, -0.2) is 9.59 Å². The third-order valence-corrected chi connectivity index (χ3v) is 3.35. The smallest absolute Gasteiger partial charge is 0.340 e. The second-order valence-electron chi connectivity index (χ2n) is 8.30. The molecule has 1 aromatic rings. The first-order valence-corrected chi connectivity index (χ1v) is 8.44. The predicted molar refractivity (Wildman–Crippen MR) is 104 cm³/mol. The minimum absolute atomic E-state index is 0.0111. The number of rotatable bonds is 4. The van der Waals surface area contributed by atoms with Crippen molar-refractivity contribution in [2.45, 2.75) is 48.5 Å². The van der Waals surface area contributed by atoms with Gasteiger partial charge in [-0.15, -0.1) is 0 Å². The van der Waals surface area contributed by atoms with E-state index in [1.807, 2.05) is 6.92 Å². The molecule has 0 aromatic heterocycles. The lowest BCUT2D eigenvalue weighted by atomic mass is 9.98. The zero-order valence-corrected chi connectivity index (χ0v) is 16.9. The largest absolute Gasteiger partial charge is 0.380 e. The molecule has 27 heavy (non-hydrogen) atoms. The molecule has 0 atom stereocenters. The Bertz CT molecular complexity index is 722. The second kappa shape index (κ2) is 8.20. The molecular formula is C19H28N4O4. The number of amidine groups is 2. The SMILES string of the molecule is Cc1cc(C(N)=NOC(=O)C(C)(C)C)cc(C(N)=NOC(=O)C(C)(C)C)c1. The molecule has 0 fully saturated rings. The molecule has 8 nitrogen and oxygen atoms in total. The molecule has 4 N–H and O–H groups in total. The zero-order chi connectivity index (χ0) is 21.0. The molecule has 0 saturated carbocycles. The van der Waals surface area contributed by atoms with Crippen molar-refractivity contribution in [3.8, 4) is 0 Å². The number of nitrogens with zero attached hydrogens (tertiary/aromatic N) is 2. The highest BCUT2D eigenvalue weighted by Crippen LogP contribution is 2.17. The third kappa shape index (κ3) is 6.73. The van der Waals surface area contributed by atoms with Crippen LogP contribution in [0.15, 0.2) is 28.5 Å². The molecule has 0 heterocycles. The summed E-state index contributed by atoms with van der Waals surface area (Å²) in [5.74, 6) is -0.990. The average Bonchev–Trinajstić information content (AvgIpc) is 2.54. The van der Waals surface area contributed by atoms with E-state index in [-0.39, 0.29) is 11.7 Å². The minimum Gasteiger partial charge on any atom is -0.380 e. The van der Waals surface area contributed by atoms with Crippen molar-refractivity contribution in [3.63, 3.8) is 0 Å². The van der Waals surface area contributed by atoms with Crippen molar-refractivity contribution < 1.29 is 19.3 Å². The fourth-order valence-corrected chi connectivity index (χ4v) is 1.64. The van der Waals surface area contributed by atoms with Crippen molar-refractivity contribution in [1.82, 2.24) is 0 Å². The Hall–Kier alpha value is -2.90. The summed E-state index contributed by atoms with van der Waals surface area (Å²) in [5.41, 5.74) is 12.2. The van der Waals surface area contributed by atoms with Gasteiger partial charge in [0.05, 0.1) is 10.8 Å². The summed E-state index contributed by atoms with van der Waals surface area (Å²) in [5, 5.41) is 7.38. The van der Waals surface area contributed by atoms with Crippen molar-refractivity contribution >= 4 is 23.6 Å². The Morgan fingerprint density at radius 2 is 1.11 bits per heavy atom. The average molecular weight is 376 g/mol. The van der Waals surface area contributed by atoms with E-state index in [4.69, 9.17) is 21.1 Å². The Morgan fingerprint density at radius 3 is 1.41 bits per heavy atom. The van der Waals surface area contributed by atoms with E-state index in [9.17, 15) is 9.59 Å². The number of hydrogen-bond donors (Lipinski definition) is 2. The maximum absolute atomic E-state index is 11.8. The third-order valence-electron chi connectivity index (χ3n) is 3.35. The number of aryl methyl sites for hydroxylation is 1. The highest BCUT2D eigenvalue weighted by molar-refractivity contribution is 6.03. The van der Waals surface area contributed by atoms with Gasteiger partial charge in [0.25, 0.3) is 0 Å². The molecule has 0 radical (unpaired) electrons. The second-order valence-corrected chi connectivity index (χ2v) is 8.30. The molecule has 148 valence electrons. The summed E-state index contributed by atoms with van der Waals surface area (Å²) in [7, 11) is 0. The molecule has 0 saturated heterocycles. The van der Waals surface area contributed by atoms with Crippen LogP contribution in [0.3, 0.4) is 0 Å². The van der Waals surface area contributed by atoms with Gasteiger partial charge in [-0.05, 0) is 72.2 Å². The van der Waals surface area contributed by atoms with Crippen LogP contribution in [0.5, 0.6) is 0 Å². The fourth-order valence-electron chi connectivity index (χ4n) is 1.64. The number of carbonyl (C=O) groups excluding carboxylic acids is 2. The molecule has 0 aliphatic carbocycles. The number of carbonyl (C=O) groups is 2. The number of hydrogen-bond acceptors (Lipinski definition) is 6. The summed E-state index contributed by atoms with van der Waals surface area (Å²) in [4.78, 5) is 33.3. The van der Waals surface area contributed by atoms with Crippen molar-refractivity contribution in [2.24, 2.45) is 32.6 Å². The van der Waals surface area contributed by atoms with E-state index in [1.54, 1.807) is 59.7 Å². The number of benzene rings is 1. The van der Waals surface area contributed by atoms with Crippen LogP contribution >= 0.6 is 0 Å². The highest BCUT2D eigenvalue weighted by atomic mass is 16.7. The topological polar surface area (TPSA) is 129 Å². The summed E-state index contributed by atoms with van der Waals surface area (Å²) in [6.07, 6.45) is 0.